The third-order valence-corrected chi connectivity index (χ3v) is 4.04. The Morgan fingerprint density at radius 3 is 2.50 bits per heavy atom. The average molecular weight is 271 g/mol. The number of benzene rings is 1. The van der Waals surface area contributed by atoms with E-state index in [1.54, 1.807) is 19.2 Å². The largest absolute Gasteiger partial charge is 0.316 e. The first-order valence-corrected chi connectivity index (χ1v) is 7.32. The van der Waals surface area contributed by atoms with E-state index in [0.717, 1.165) is 5.56 Å². The standard InChI is InChI=1S/C12H21N3O2S/c1-13-10-11-6-4-5-7-12(11)18(16,17)14-8-9-15(2)3/h4-7,13-14H,8-10H2,1-3H3. The fourth-order valence-corrected chi connectivity index (χ4v) is 2.84. The molecule has 6 heteroatoms. The average Bonchev–Trinajstić information content (AvgIpc) is 2.29. The molecule has 1 aromatic carbocycles. The van der Waals surface area contributed by atoms with Crippen LogP contribution >= 0.6 is 0 Å². The minimum absolute atomic E-state index is 0.345. The summed E-state index contributed by atoms with van der Waals surface area (Å²) in [5.74, 6) is 0. The van der Waals surface area contributed by atoms with Crippen LogP contribution in [0, 0.1) is 0 Å². The molecular weight excluding hydrogens is 250 g/mol. The summed E-state index contributed by atoms with van der Waals surface area (Å²) in [7, 11) is 2.18. The van der Waals surface area contributed by atoms with Crippen molar-refractivity contribution in [3.05, 3.63) is 29.8 Å². The Morgan fingerprint density at radius 2 is 1.89 bits per heavy atom. The van der Waals surface area contributed by atoms with Crippen LogP contribution in [0.1, 0.15) is 5.56 Å². The Balaban J connectivity index is 2.84. The van der Waals surface area contributed by atoms with E-state index >= 15 is 0 Å². The van der Waals surface area contributed by atoms with Crippen molar-refractivity contribution in [2.75, 3.05) is 34.2 Å². The molecule has 0 aliphatic rings. The van der Waals surface area contributed by atoms with Crippen LogP contribution in [0.2, 0.25) is 0 Å². The van der Waals surface area contributed by atoms with Gasteiger partial charge in [0.15, 0.2) is 0 Å². The molecule has 1 aromatic rings. The molecule has 0 radical (unpaired) electrons. The molecule has 0 fully saturated rings. The summed E-state index contributed by atoms with van der Waals surface area (Å²) in [6, 6.07) is 7.02. The van der Waals surface area contributed by atoms with Crippen LogP contribution in [0.4, 0.5) is 0 Å². The van der Waals surface area contributed by atoms with Crippen molar-refractivity contribution in [3.63, 3.8) is 0 Å². The normalized spacial score (nSPS) is 12.0. The molecule has 5 nitrogen and oxygen atoms in total. The fourth-order valence-electron chi connectivity index (χ4n) is 1.58. The summed E-state index contributed by atoms with van der Waals surface area (Å²) in [5.41, 5.74) is 0.775. The van der Waals surface area contributed by atoms with E-state index in [1.165, 1.54) is 0 Å². The molecule has 0 saturated heterocycles. The molecule has 102 valence electrons. The molecule has 0 spiro atoms. The molecule has 1 rings (SSSR count). The quantitative estimate of drug-likeness (QED) is 0.746. The van der Waals surface area contributed by atoms with Gasteiger partial charge in [-0.25, -0.2) is 13.1 Å². The van der Waals surface area contributed by atoms with Crippen LogP contribution in [0.3, 0.4) is 0 Å². The summed E-state index contributed by atoms with van der Waals surface area (Å²) in [5, 5.41) is 2.97. The topological polar surface area (TPSA) is 61.4 Å². The highest BCUT2D eigenvalue weighted by atomic mass is 32.2. The smallest absolute Gasteiger partial charge is 0.240 e. The van der Waals surface area contributed by atoms with Crippen molar-refractivity contribution in [2.24, 2.45) is 0 Å². The Labute approximate surface area is 109 Å². The monoisotopic (exact) mass is 271 g/mol. The summed E-state index contributed by atoms with van der Waals surface area (Å²) < 4.78 is 26.9. The van der Waals surface area contributed by atoms with Gasteiger partial charge in [-0.05, 0) is 32.8 Å². The van der Waals surface area contributed by atoms with Gasteiger partial charge in [0.25, 0.3) is 0 Å². The van der Waals surface area contributed by atoms with Crippen LogP contribution in [0.15, 0.2) is 29.2 Å². The molecule has 0 unspecified atom stereocenters. The van der Waals surface area contributed by atoms with Gasteiger partial charge < -0.3 is 10.2 Å². The highest BCUT2D eigenvalue weighted by Gasteiger charge is 2.16. The Hall–Kier alpha value is -0.950. The van der Waals surface area contributed by atoms with Gasteiger partial charge in [-0.3, -0.25) is 0 Å². The third kappa shape index (κ3) is 4.38. The lowest BCUT2D eigenvalue weighted by molar-refractivity contribution is 0.412. The lowest BCUT2D eigenvalue weighted by Gasteiger charge is -2.13. The predicted octanol–water partition coefficient (Wildman–Crippen LogP) is 0.246. The number of hydrogen-bond acceptors (Lipinski definition) is 4. The highest BCUT2D eigenvalue weighted by Crippen LogP contribution is 2.14. The van der Waals surface area contributed by atoms with E-state index in [9.17, 15) is 8.42 Å². The van der Waals surface area contributed by atoms with E-state index < -0.39 is 10.0 Å². The molecule has 0 aliphatic carbocycles. The van der Waals surface area contributed by atoms with Gasteiger partial charge in [0.2, 0.25) is 10.0 Å². The third-order valence-electron chi connectivity index (χ3n) is 2.48. The van der Waals surface area contributed by atoms with Crippen LogP contribution in [-0.4, -0.2) is 47.6 Å². The second kappa shape index (κ2) is 6.84. The van der Waals surface area contributed by atoms with Crippen LogP contribution in [0.5, 0.6) is 0 Å². The van der Waals surface area contributed by atoms with E-state index in [0.29, 0.717) is 24.5 Å². The number of rotatable bonds is 7. The molecule has 0 heterocycles. The molecule has 0 aliphatic heterocycles. The molecule has 0 aromatic heterocycles. The fraction of sp³-hybridized carbons (Fsp3) is 0.500. The lowest BCUT2D eigenvalue weighted by atomic mass is 10.2. The van der Waals surface area contributed by atoms with Gasteiger partial charge in [0, 0.05) is 19.6 Å². The molecule has 18 heavy (non-hydrogen) atoms. The van der Waals surface area contributed by atoms with Gasteiger partial charge in [-0.15, -0.1) is 0 Å². The molecule has 2 N–H and O–H groups in total. The van der Waals surface area contributed by atoms with Gasteiger partial charge >= 0.3 is 0 Å². The van der Waals surface area contributed by atoms with E-state index in [1.807, 2.05) is 31.1 Å². The van der Waals surface area contributed by atoms with Crippen LogP contribution in [0.25, 0.3) is 0 Å². The van der Waals surface area contributed by atoms with Crippen molar-refractivity contribution in [3.8, 4) is 0 Å². The first kappa shape index (κ1) is 15.1. The van der Waals surface area contributed by atoms with Gasteiger partial charge in [-0.2, -0.15) is 0 Å². The number of hydrogen-bond donors (Lipinski definition) is 2. The van der Waals surface area contributed by atoms with E-state index in [-0.39, 0.29) is 0 Å². The first-order valence-electron chi connectivity index (χ1n) is 5.84. The van der Waals surface area contributed by atoms with Crippen molar-refractivity contribution >= 4 is 10.0 Å². The van der Waals surface area contributed by atoms with Crippen LogP contribution in [-0.2, 0) is 16.6 Å². The van der Waals surface area contributed by atoms with Gasteiger partial charge in [0.05, 0.1) is 4.90 Å². The predicted molar refractivity (Wildman–Crippen MR) is 72.9 cm³/mol. The van der Waals surface area contributed by atoms with Crippen molar-refractivity contribution in [1.82, 2.24) is 14.9 Å². The second-order valence-corrected chi connectivity index (χ2v) is 6.07. The number of likely N-dealkylation sites (N-methyl/N-ethyl adjacent to an activating group) is 1. The Bertz CT molecular complexity index is 472. The molecule has 0 bridgehead atoms. The van der Waals surface area contributed by atoms with Gasteiger partial charge in [0.1, 0.15) is 0 Å². The summed E-state index contributed by atoms with van der Waals surface area (Å²) in [6.07, 6.45) is 0. The minimum Gasteiger partial charge on any atom is -0.316 e. The molecule has 0 saturated carbocycles. The Kier molecular flexibility index (Phi) is 5.74. The van der Waals surface area contributed by atoms with E-state index in [4.69, 9.17) is 0 Å². The summed E-state index contributed by atoms with van der Waals surface area (Å²) in [4.78, 5) is 2.28. The maximum atomic E-state index is 12.2. The zero-order valence-electron chi connectivity index (χ0n) is 11.1. The first-order chi connectivity index (χ1) is 8.47. The van der Waals surface area contributed by atoms with Crippen LogP contribution < -0.4 is 10.0 Å². The van der Waals surface area contributed by atoms with Crippen molar-refractivity contribution < 1.29 is 8.42 Å². The SMILES string of the molecule is CNCc1ccccc1S(=O)(=O)NCCN(C)C. The summed E-state index contributed by atoms with van der Waals surface area (Å²) >= 11 is 0. The zero-order chi connectivity index (χ0) is 13.6. The maximum absolute atomic E-state index is 12.2. The Morgan fingerprint density at radius 1 is 1.22 bits per heavy atom. The molecule has 0 atom stereocenters. The minimum atomic E-state index is -3.43. The van der Waals surface area contributed by atoms with E-state index in [2.05, 4.69) is 10.0 Å². The number of sulfonamides is 1. The molecular formula is C12H21N3O2S. The maximum Gasteiger partial charge on any atom is 0.240 e. The zero-order valence-corrected chi connectivity index (χ0v) is 11.9. The number of nitrogens with one attached hydrogen (secondary N) is 2. The van der Waals surface area contributed by atoms with Gasteiger partial charge in [-0.1, -0.05) is 18.2 Å². The lowest BCUT2D eigenvalue weighted by Crippen LogP contribution is -2.32. The summed E-state index contributed by atoms with van der Waals surface area (Å²) in [6.45, 7) is 1.61. The van der Waals surface area contributed by atoms with Crippen molar-refractivity contribution in [2.45, 2.75) is 11.4 Å². The van der Waals surface area contributed by atoms with Crippen molar-refractivity contribution in [1.29, 1.82) is 0 Å². The second-order valence-electron chi connectivity index (χ2n) is 4.34. The molecule has 0 amide bonds. The highest BCUT2D eigenvalue weighted by molar-refractivity contribution is 7.89. The number of nitrogens with zero attached hydrogens (tertiary/aromatic N) is 1.